The van der Waals surface area contributed by atoms with Crippen LogP contribution in [0.3, 0.4) is 0 Å². The number of carbonyl (C=O) groups excluding carboxylic acids is 4. The van der Waals surface area contributed by atoms with E-state index in [9.17, 15) is 19.2 Å². The summed E-state index contributed by atoms with van der Waals surface area (Å²) in [4.78, 5) is 49.4. The minimum Gasteiger partial charge on any atom is -0.466 e. The van der Waals surface area contributed by atoms with Gasteiger partial charge in [-0.3, -0.25) is 19.0 Å². The average Bonchev–Trinajstić information content (AvgIpc) is 3.22. The zero-order valence-electron chi connectivity index (χ0n) is 13.6. The maximum absolute atomic E-state index is 12.5. The molecule has 2 rings (SSSR count). The predicted octanol–water partition coefficient (Wildman–Crippen LogP) is 1.31. The molecule has 1 fully saturated rings. The van der Waals surface area contributed by atoms with Crippen molar-refractivity contribution in [2.45, 2.75) is 20.3 Å². The van der Waals surface area contributed by atoms with Gasteiger partial charge in [-0.05, 0) is 19.1 Å². The molecule has 1 aromatic heterocycles. The molecule has 0 saturated carbocycles. The van der Waals surface area contributed by atoms with Gasteiger partial charge >= 0.3 is 12.1 Å². The lowest BCUT2D eigenvalue weighted by Gasteiger charge is -2.22. The van der Waals surface area contributed by atoms with Gasteiger partial charge in [0.2, 0.25) is 11.8 Å². The summed E-state index contributed by atoms with van der Waals surface area (Å²) < 4.78 is 11.1. The van der Waals surface area contributed by atoms with Crippen molar-refractivity contribution in [2.75, 3.05) is 19.8 Å². The second-order valence-electron chi connectivity index (χ2n) is 5.44. The largest absolute Gasteiger partial charge is 0.466 e. The van der Waals surface area contributed by atoms with Crippen LogP contribution in [0.2, 0.25) is 0 Å². The molecular formula is C16H20N2O6. The molecule has 0 unspecified atom stereocenters. The van der Waals surface area contributed by atoms with Crippen molar-refractivity contribution < 1.29 is 28.7 Å². The minimum absolute atomic E-state index is 0.131. The van der Waals surface area contributed by atoms with E-state index in [0.29, 0.717) is 0 Å². The highest BCUT2D eigenvalue weighted by atomic mass is 16.6. The topological polar surface area (TPSA) is 94.9 Å². The molecule has 1 saturated heterocycles. The molecule has 8 heteroatoms. The van der Waals surface area contributed by atoms with Crippen molar-refractivity contribution in [1.82, 2.24) is 9.47 Å². The SMILES string of the molecule is CCOC(=O)[C@@H](CC(=O)N1CCOC1=O)[C@H](C)C(=O)n1cccc1. The first-order chi connectivity index (χ1) is 11.5. The van der Waals surface area contributed by atoms with Gasteiger partial charge in [-0.25, -0.2) is 9.69 Å². The molecule has 2 heterocycles. The molecule has 0 bridgehead atoms. The Morgan fingerprint density at radius 1 is 1.29 bits per heavy atom. The molecular weight excluding hydrogens is 316 g/mol. The summed E-state index contributed by atoms with van der Waals surface area (Å²) in [6.07, 6.45) is 2.12. The third kappa shape index (κ3) is 3.81. The highest BCUT2D eigenvalue weighted by Gasteiger charge is 2.37. The summed E-state index contributed by atoms with van der Waals surface area (Å²) in [7, 11) is 0. The van der Waals surface area contributed by atoms with Crippen LogP contribution in [0.1, 0.15) is 25.1 Å². The lowest BCUT2D eigenvalue weighted by Crippen LogP contribution is -2.39. The number of ether oxygens (including phenoxy) is 2. The minimum atomic E-state index is -0.972. The van der Waals surface area contributed by atoms with E-state index >= 15 is 0 Å². The van der Waals surface area contributed by atoms with Crippen LogP contribution in [-0.2, 0) is 19.1 Å². The number of rotatable bonds is 6. The van der Waals surface area contributed by atoms with E-state index in [1.54, 1.807) is 38.4 Å². The fourth-order valence-corrected chi connectivity index (χ4v) is 2.52. The van der Waals surface area contributed by atoms with Crippen LogP contribution in [0, 0.1) is 11.8 Å². The standard InChI is InChI=1S/C16H20N2O6/c1-3-23-15(21)12(10-13(19)18-8-9-24-16(18)22)11(2)14(20)17-6-4-5-7-17/h4-7,11-12H,3,8-10H2,1-2H3/t11-,12-/m0/s1. The number of aromatic nitrogens is 1. The second kappa shape index (κ2) is 7.76. The van der Waals surface area contributed by atoms with Gasteiger partial charge in [0.1, 0.15) is 6.61 Å². The zero-order valence-corrected chi connectivity index (χ0v) is 13.6. The van der Waals surface area contributed by atoms with E-state index in [2.05, 4.69) is 0 Å². The maximum atomic E-state index is 12.5. The lowest BCUT2D eigenvalue weighted by molar-refractivity contribution is -0.152. The number of amides is 2. The molecule has 1 aliphatic rings. The van der Waals surface area contributed by atoms with Crippen LogP contribution in [0.4, 0.5) is 4.79 Å². The summed E-state index contributed by atoms with van der Waals surface area (Å²) >= 11 is 0. The van der Waals surface area contributed by atoms with Gasteiger partial charge in [-0.15, -0.1) is 0 Å². The Bertz CT molecular complexity index is 625. The van der Waals surface area contributed by atoms with E-state index in [1.165, 1.54) is 4.57 Å². The van der Waals surface area contributed by atoms with E-state index in [-0.39, 0.29) is 32.1 Å². The van der Waals surface area contributed by atoms with Crippen molar-refractivity contribution in [3.05, 3.63) is 24.5 Å². The molecule has 24 heavy (non-hydrogen) atoms. The molecule has 0 aliphatic carbocycles. The monoisotopic (exact) mass is 336 g/mol. The van der Waals surface area contributed by atoms with Crippen LogP contribution < -0.4 is 0 Å². The van der Waals surface area contributed by atoms with Crippen molar-refractivity contribution in [1.29, 1.82) is 0 Å². The van der Waals surface area contributed by atoms with Crippen LogP contribution in [-0.4, -0.2) is 53.1 Å². The number of cyclic esters (lactones) is 1. The van der Waals surface area contributed by atoms with Gasteiger partial charge in [0.15, 0.2) is 0 Å². The van der Waals surface area contributed by atoms with Crippen LogP contribution in [0.5, 0.6) is 0 Å². The highest BCUT2D eigenvalue weighted by Crippen LogP contribution is 2.22. The molecule has 1 aliphatic heterocycles. The summed E-state index contributed by atoms with van der Waals surface area (Å²) in [6, 6.07) is 3.38. The normalized spacial score (nSPS) is 16.4. The van der Waals surface area contributed by atoms with Crippen molar-refractivity contribution in [2.24, 2.45) is 11.8 Å². The first-order valence-electron chi connectivity index (χ1n) is 7.76. The quantitative estimate of drug-likeness (QED) is 0.727. The molecule has 0 spiro atoms. The molecule has 0 aromatic carbocycles. The fourth-order valence-electron chi connectivity index (χ4n) is 2.52. The Kier molecular flexibility index (Phi) is 5.73. The van der Waals surface area contributed by atoms with Gasteiger partial charge < -0.3 is 9.47 Å². The van der Waals surface area contributed by atoms with Gasteiger partial charge in [-0.1, -0.05) is 6.92 Å². The number of imide groups is 1. The lowest BCUT2D eigenvalue weighted by atomic mass is 9.89. The maximum Gasteiger partial charge on any atom is 0.416 e. The zero-order chi connectivity index (χ0) is 17.7. The third-order valence-electron chi connectivity index (χ3n) is 3.90. The molecule has 1 aromatic rings. The fraction of sp³-hybridized carbons (Fsp3) is 0.500. The number of nitrogens with zero attached hydrogens (tertiary/aromatic N) is 2. The molecule has 8 nitrogen and oxygen atoms in total. The Balaban J connectivity index is 2.14. The molecule has 0 N–H and O–H groups in total. The summed E-state index contributed by atoms with van der Waals surface area (Å²) in [6.45, 7) is 3.63. The van der Waals surface area contributed by atoms with Gasteiger partial charge in [0.05, 0.1) is 19.1 Å². The van der Waals surface area contributed by atoms with E-state index in [1.807, 2.05) is 0 Å². The smallest absolute Gasteiger partial charge is 0.416 e. The Morgan fingerprint density at radius 2 is 1.96 bits per heavy atom. The first kappa shape index (κ1) is 17.7. The molecule has 2 atom stereocenters. The summed E-state index contributed by atoms with van der Waals surface area (Å²) in [5.74, 6) is -3.26. The summed E-state index contributed by atoms with van der Waals surface area (Å²) in [5.41, 5.74) is 0. The molecule has 2 amide bonds. The van der Waals surface area contributed by atoms with Gasteiger partial charge in [-0.2, -0.15) is 0 Å². The highest BCUT2D eigenvalue weighted by molar-refractivity contribution is 5.96. The Morgan fingerprint density at radius 3 is 2.50 bits per heavy atom. The number of hydrogen-bond donors (Lipinski definition) is 0. The Hall–Kier alpha value is -2.64. The first-order valence-corrected chi connectivity index (χ1v) is 7.76. The number of carbonyl (C=O) groups is 4. The van der Waals surface area contributed by atoms with Crippen molar-refractivity contribution >= 4 is 23.9 Å². The van der Waals surface area contributed by atoms with Gasteiger partial charge in [0.25, 0.3) is 0 Å². The van der Waals surface area contributed by atoms with Crippen LogP contribution in [0.15, 0.2) is 24.5 Å². The average molecular weight is 336 g/mol. The van der Waals surface area contributed by atoms with Gasteiger partial charge in [0, 0.05) is 24.7 Å². The van der Waals surface area contributed by atoms with E-state index in [4.69, 9.17) is 9.47 Å². The second-order valence-corrected chi connectivity index (χ2v) is 5.44. The van der Waals surface area contributed by atoms with E-state index < -0.39 is 29.8 Å². The van der Waals surface area contributed by atoms with Crippen molar-refractivity contribution in [3.63, 3.8) is 0 Å². The number of esters is 1. The van der Waals surface area contributed by atoms with Crippen molar-refractivity contribution in [3.8, 4) is 0 Å². The van der Waals surface area contributed by atoms with Crippen LogP contribution >= 0.6 is 0 Å². The number of hydrogen-bond acceptors (Lipinski definition) is 6. The van der Waals surface area contributed by atoms with Crippen LogP contribution in [0.25, 0.3) is 0 Å². The molecule has 130 valence electrons. The molecule has 0 radical (unpaired) electrons. The Labute approximate surface area is 139 Å². The summed E-state index contributed by atoms with van der Waals surface area (Å²) in [5, 5.41) is 0. The predicted molar refractivity (Wildman–Crippen MR) is 82.0 cm³/mol. The third-order valence-corrected chi connectivity index (χ3v) is 3.90. The van der Waals surface area contributed by atoms with E-state index in [0.717, 1.165) is 4.90 Å².